The van der Waals surface area contributed by atoms with E-state index in [1.54, 1.807) is 0 Å². The quantitative estimate of drug-likeness (QED) is 0.907. The van der Waals surface area contributed by atoms with E-state index in [0.29, 0.717) is 12.0 Å². The van der Waals surface area contributed by atoms with Crippen LogP contribution in [0.3, 0.4) is 0 Å². The number of nitrogens with two attached hydrogens (primary N) is 1. The summed E-state index contributed by atoms with van der Waals surface area (Å²) in [5.41, 5.74) is 10.4. The van der Waals surface area contributed by atoms with Crippen LogP contribution in [-0.2, 0) is 19.4 Å². The van der Waals surface area contributed by atoms with Crippen molar-refractivity contribution in [3.63, 3.8) is 0 Å². The third-order valence-corrected chi connectivity index (χ3v) is 5.35. The van der Waals surface area contributed by atoms with Crippen LogP contribution in [0.2, 0.25) is 0 Å². The lowest BCUT2D eigenvalue weighted by molar-refractivity contribution is 0.198. The van der Waals surface area contributed by atoms with E-state index in [2.05, 4.69) is 31.7 Å². The SMILES string of the molecule is CC(C)(C)C1CCN(c2nc3c(cc2CN)CCC3)CC1. The molecule has 116 valence electrons. The molecule has 0 amide bonds. The van der Waals surface area contributed by atoms with E-state index in [1.807, 2.05) is 0 Å². The maximum absolute atomic E-state index is 5.98. The lowest BCUT2D eigenvalue weighted by atomic mass is 9.75. The molecule has 3 nitrogen and oxygen atoms in total. The van der Waals surface area contributed by atoms with Crippen molar-refractivity contribution in [2.75, 3.05) is 18.0 Å². The first-order chi connectivity index (χ1) is 9.99. The highest BCUT2D eigenvalue weighted by atomic mass is 15.2. The van der Waals surface area contributed by atoms with Crippen LogP contribution in [-0.4, -0.2) is 18.1 Å². The fourth-order valence-corrected chi connectivity index (χ4v) is 3.89. The number of rotatable bonds is 2. The second-order valence-corrected chi connectivity index (χ2v) is 7.76. The molecule has 0 unspecified atom stereocenters. The summed E-state index contributed by atoms with van der Waals surface area (Å²) in [7, 11) is 0. The summed E-state index contributed by atoms with van der Waals surface area (Å²) >= 11 is 0. The first kappa shape index (κ1) is 14.8. The predicted octanol–water partition coefficient (Wildman–Crippen LogP) is 3.29. The van der Waals surface area contributed by atoms with Crippen molar-refractivity contribution in [2.24, 2.45) is 17.1 Å². The van der Waals surface area contributed by atoms with Gasteiger partial charge in [-0.1, -0.05) is 20.8 Å². The van der Waals surface area contributed by atoms with Gasteiger partial charge in [0.05, 0.1) is 0 Å². The molecule has 0 spiro atoms. The number of piperidine rings is 1. The average molecular weight is 287 g/mol. The van der Waals surface area contributed by atoms with Gasteiger partial charge >= 0.3 is 0 Å². The molecule has 1 saturated heterocycles. The summed E-state index contributed by atoms with van der Waals surface area (Å²) in [4.78, 5) is 7.46. The predicted molar refractivity (Wildman–Crippen MR) is 88.5 cm³/mol. The van der Waals surface area contributed by atoms with E-state index in [1.165, 1.54) is 48.3 Å². The van der Waals surface area contributed by atoms with Crippen LogP contribution >= 0.6 is 0 Å². The Bertz CT molecular complexity index is 508. The molecule has 1 aromatic heterocycles. The van der Waals surface area contributed by atoms with Gasteiger partial charge in [-0.3, -0.25) is 0 Å². The molecule has 1 aromatic rings. The summed E-state index contributed by atoms with van der Waals surface area (Å²) in [6, 6.07) is 2.32. The molecule has 1 fully saturated rings. The smallest absolute Gasteiger partial charge is 0.133 e. The van der Waals surface area contributed by atoms with Gasteiger partial charge in [0.1, 0.15) is 5.82 Å². The standard InChI is InChI=1S/C18H29N3/c1-18(2,3)15-7-9-21(10-8-15)17-14(12-19)11-13-5-4-6-16(13)20-17/h11,15H,4-10,12,19H2,1-3H3. The summed E-state index contributed by atoms with van der Waals surface area (Å²) < 4.78 is 0. The zero-order valence-corrected chi connectivity index (χ0v) is 13.8. The minimum absolute atomic E-state index is 0.425. The van der Waals surface area contributed by atoms with Crippen molar-refractivity contribution in [3.8, 4) is 0 Å². The van der Waals surface area contributed by atoms with Crippen LogP contribution in [0.4, 0.5) is 5.82 Å². The molecule has 1 aliphatic carbocycles. The molecule has 21 heavy (non-hydrogen) atoms. The van der Waals surface area contributed by atoms with Crippen LogP contribution in [0, 0.1) is 11.3 Å². The first-order valence-electron chi connectivity index (χ1n) is 8.45. The van der Waals surface area contributed by atoms with Crippen molar-refractivity contribution in [1.29, 1.82) is 0 Å². The Balaban J connectivity index is 1.79. The van der Waals surface area contributed by atoms with Gasteiger partial charge < -0.3 is 10.6 Å². The summed E-state index contributed by atoms with van der Waals surface area (Å²) in [5.74, 6) is 2.00. The molecule has 0 saturated carbocycles. The van der Waals surface area contributed by atoms with E-state index in [4.69, 9.17) is 10.7 Å². The Hall–Kier alpha value is -1.09. The second kappa shape index (κ2) is 5.60. The Morgan fingerprint density at radius 1 is 1.24 bits per heavy atom. The molecule has 0 radical (unpaired) electrons. The minimum atomic E-state index is 0.425. The van der Waals surface area contributed by atoms with Gasteiger partial charge in [-0.25, -0.2) is 4.98 Å². The Labute approximate surface area is 128 Å². The lowest BCUT2D eigenvalue weighted by Crippen LogP contribution is -2.39. The first-order valence-corrected chi connectivity index (χ1v) is 8.45. The number of nitrogens with zero attached hydrogens (tertiary/aromatic N) is 2. The van der Waals surface area contributed by atoms with Crippen LogP contribution in [0.25, 0.3) is 0 Å². The largest absolute Gasteiger partial charge is 0.356 e. The van der Waals surface area contributed by atoms with Crippen LogP contribution in [0.1, 0.15) is 56.9 Å². The highest BCUT2D eigenvalue weighted by molar-refractivity contribution is 5.51. The highest BCUT2D eigenvalue weighted by Crippen LogP contribution is 2.36. The van der Waals surface area contributed by atoms with E-state index >= 15 is 0 Å². The van der Waals surface area contributed by atoms with Crippen molar-refractivity contribution >= 4 is 5.82 Å². The fraction of sp³-hybridized carbons (Fsp3) is 0.722. The van der Waals surface area contributed by atoms with Gasteiger partial charge in [0.15, 0.2) is 0 Å². The average Bonchev–Trinajstić information content (AvgIpc) is 2.92. The number of fused-ring (bicyclic) bond motifs is 1. The number of pyridine rings is 1. The Morgan fingerprint density at radius 3 is 2.57 bits per heavy atom. The molecule has 2 heterocycles. The molecular formula is C18H29N3. The number of aryl methyl sites for hydroxylation is 2. The van der Waals surface area contributed by atoms with Gasteiger partial charge in [-0.05, 0) is 55.1 Å². The Morgan fingerprint density at radius 2 is 1.95 bits per heavy atom. The van der Waals surface area contributed by atoms with Crippen molar-refractivity contribution in [3.05, 3.63) is 22.9 Å². The molecule has 3 rings (SSSR count). The summed E-state index contributed by atoms with van der Waals surface area (Å²) in [6.07, 6.45) is 6.12. The second-order valence-electron chi connectivity index (χ2n) is 7.76. The van der Waals surface area contributed by atoms with Gasteiger partial charge in [-0.2, -0.15) is 0 Å². The topological polar surface area (TPSA) is 42.2 Å². The number of aromatic nitrogens is 1. The minimum Gasteiger partial charge on any atom is -0.356 e. The van der Waals surface area contributed by atoms with Gasteiger partial charge in [0.25, 0.3) is 0 Å². The monoisotopic (exact) mass is 287 g/mol. The third-order valence-electron chi connectivity index (χ3n) is 5.35. The van der Waals surface area contributed by atoms with Gasteiger partial charge in [0.2, 0.25) is 0 Å². The molecule has 0 aromatic carbocycles. The molecule has 2 N–H and O–H groups in total. The zero-order valence-electron chi connectivity index (χ0n) is 13.8. The number of anilines is 1. The molecule has 2 aliphatic rings. The van der Waals surface area contributed by atoms with Crippen molar-refractivity contribution < 1.29 is 0 Å². The van der Waals surface area contributed by atoms with Crippen molar-refractivity contribution in [2.45, 2.75) is 59.4 Å². The van der Waals surface area contributed by atoms with Gasteiger partial charge in [-0.15, -0.1) is 0 Å². The molecule has 0 bridgehead atoms. The van der Waals surface area contributed by atoms with Gasteiger partial charge in [0, 0.05) is 30.9 Å². The van der Waals surface area contributed by atoms with E-state index in [0.717, 1.165) is 25.4 Å². The van der Waals surface area contributed by atoms with Crippen LogP contribution in [0.15, 0.2) is 6.07 Å². The van der Waals surface area contributed by atoms with Crippen LogP contribution < -0.4 is 10.6 Å². The van der Waals surface area contributed by atoms with E-state index in [-0.39, 0.29) is 0 Å². The molecule has 0 atom stereocenters. The molecule has 1 aliphatic heterocycles. The third kappa shape index (κ3) is 2.94. The Kier molecular flexibility index (Phi) is 3.96. The zero-order chi connectivity index (χ0) is 15.0. The lowest BCUT2D eigenvalue weighted by Gasteiger charge is -2.39. The summed E-state index contributed by atoms with van der Waals surface area (Å²) in [5, 5.41) is 0. The highest BCUT2D eigenvalue weighted by Gasteiger charge is 2.30. The molecular weight excluding hydrogens is 258 g/mol. The fourth-order valence-electron chi connectivity index (χ4n) is 3.89. The normalized spacial score (nSPS) is 19.9. The maximum Gasteiger partial charge on any atom is 0.133 e. The maximum atomic E-state index is 5.98. The van der Waals surface area contributed by atoms with E-state index in [9.17, 15) is 0 Å². The molecule has 3 heteroatoms. The number of hydrogen-bond donors (Lipinski definition) is 1. The van der Waals surface area contributed by atoms with E-state index < -0.39 is 0 Å². The summed E-state index contributed by atoms with van der Waals surface area (Å²) in [6.45, 7) is 9.96. The van der Waals surface area contributed by atoms with Crippen LogP contribution in [0.5, 0.6) is 0 Å². The number of hydrogen-bond acceptors (Lipinski definition) is 3. The van der Waals surface area contributed by atoms with Crippen molar-refractivity contribution in [1.82, 2.24) is 4.98 Å².